The molecule has 4 N–H and O–H groups in total. The number of anilines is 1. The third-order valence-electron chi connectivity index (χ3n) is 6.11. The van der Waals surface area contributed by atoms with Crippen molar-refractivity contribution in [1.82, 2.24) is 14.9 Å². The van der Waals surface area contributed by atoms with E-state index in [1.54, 1.807) is 12.1 Å². The number of halogens is 3. The number of nitrogens with two attached hydrogens (primary N) is 2. The van der Waals surface area contributed by atoms with Gasteiger partial charge in [0.25, 0.3) is 0 Å². The van der Waals surface area contributed by atoms with Crippen LogP contribution in [0, 0.1) is 6.92 Å². The number of alkyl halides is 3. The first-order valence-corrected chi connectivity index (χ1v) is 11.1. The quantitative estimate of drug-likeness (QED) is 0.521. The zero-order valence-corrected chi connectivity index (χ0v) is 19.2. The molecule has 0 amide bonds. The summed E-state index contributed by atoms with van der Waals surface area (Å²) in [6, 6.07) is 5.31. The van der Waals surface area contributed by atoms with E-state index in [-0.39, 0.29) is 23.0 Å². The van der Waals surface area contributed by atoms with Crippen LogP contribution in [0.1, 0.15) is 24.0 Å². The molecule has 2 aromatic rings. The Hall–Kier alpha value is -3.40. The molecule has 1 aliphatic carbocycles. The van der Waals surface area contributed by atoms with Gasteiger partial charge in [-0.25, -0.2) is 15.0 Å². The molecule has 0 unspecified atom stereocenters. The van der Waals surface area contributed by atoms with Gasteiger partial charge in [0.2, 0.25) is 0 Å². The van der Waals surface area contributed by atoms with Crippen molar-refractivity contribution in [3.05, 3.63) is 58.8 Å². The Morgan fingerprint density at radius 2 is 1.79 bits per heavy atom. The van der Waals surface area contributed by atoms with Crippen molar-refractivity contribution in [3.8, 4) is 11.4 Å². The number of aliphatic imine (C=N–C) groups is 1. The lowest BCUT2D eigenvalue weighted by Crippen LogP contribution is -2.45. The maximum absolute atomic E-state index is 13.8. The Bertz CT molecular complexity index is 1160. The summed E-state index contributed by atoms with van der Waals surface area (Å²) < 4.78 is 41.3. The highest BCUT2D eigenvalue weighted by Gasteiger charge is 2.34. The highest BCUT2D eigenvalue weighted by Crippen LogP contribution is 2.38. The van der Waals surface area contributed by atoms with Crippen molar-refractivity contribution in [1.29, 1.82) is 0 Å². The molecule has 1 fully saturated rings. The molecule has 34 heavy (non-hydrogen) atoms. The van der Waals surface area contributed by atoms with E-state index in [4.69, 9.17) is 11.5 Å². The van der Waals surface area contributed by atoms with Gasteiger partial charge in [-0.15, -0.1) is 0 Å². The minimum absolute atomic E-state index is 0.0375. The van der Waals surface area contributed by atoms with Crippen molar-refractivity contribution >= 4 is 17.5 Å². The molecule has 1 saturated heterocycles. The van der Waals surface area contributed by atoms with Crippen LogP contribution in [-0.2, 0) is 6.18 Å². The number of amidine groups is 1. The van der Waals surface area contributed by atoms with Crippen molar-refractivity contribution in [2.24, 2.45) is 16.5 Å². The van der Waals surface area contributed by atoms with Crippen LogP contribution in [0.3, 0.4) is 0 Å². The molecule has 10 heteroatoms. The fraction of sp³-hybridized carbons (Fsp3) is 0.375. The number of benzene rings is 1. The number of nitrogens with zero attached hydrogens (tertiary/aromatic N) is 5. The second-order valence-electron chi connectivity index (χ2n) is 8.53. The smallest absolute Gasteiger partial charge is 0.398 e. The van der Waals surface area contributed by atoms with Crippen LogP contribution in [0.5, 0.6) is 0 Å². The molecule has 2 heterocycles. The lowest BCUT2D eigenvalue weighted by atomic mass is 10.0. The van der Waals surface area contributed by atoms with Crippen molar-refractivity contribution in [2.75, 3.05) is 38.1 Å². The summed E-state index contributed by atoms with van der Waals surface area (Å²) >= 11 is 0. The largest absolute Gasteiger partial charge is 0.417 e. The molecule has 0 bridgehead atoms. The van der Waals surface area contributed by atoms with Gasteiger partial charge in [-0.1, -0.05) is 24.3 Å². The Morgan fingerprint density at radius 1 is 1.09 bits per heavy atom. The first-order valence-electron chi connectivity index (χ1n) is 11.1. The summed E-state index contributed by atoms with van der Waals surface area (Å²) in [6.45, 7) is 4.83. The molecule has 0 spiro atoms. The van der Waals surface area contributed by atoms with Crippen LogP contribution >= 0.6 is 0 Å². The fourth-order valence-corrected chi connectivity index (χ4v) is 4.11. The summed E-state index contributed by atoms with van der Waals surface area (Å²) in [7, 11) is 2.03. The lowest BCUT2D eigenvalue weighted by Gasteiger charge is -2.34. The minimum Gasteiger partial charge on any atom is -0.398 e. The molecule has 1 aliphatic heterocycles. The molecule has 1 aromatic heterocycles. The predicted molar refractivity (Wildman–Crippen MR) is 128 cm³/mol. The Balaban J connectivity index is 1.88. The highest BCUT2D eigenvalue weighted by atomic mass is 19.4. The maximum Gasteiger partial charge on any atom is 0.417 e. The number of hydrogen-bond acceptors (Lipinski definition) is 6. The van der Waals surface area contributed by atoms with Crippen LogP contribution in [0.25, 0.3) is 11.4 Å². The normalized spacial score (nSPS) is 18.0. The van der Waals surface area contributed by atoms with Crippen LogP contribution in [0.15, 0.2) is 52.7 Å². The monoisotopic (exact) mass is 471 g/mol. The second-order valence-corrected chi connectivity index (χ2v) is 8.53. The zero-order valence-electron chi connectivity index (χ0n) is 19.2. The summed E-state index contributed by atoms with van der Waals surface area (Å²) in [6.07, 6.45) is 0.617. The predicted octanol–water partition coefficient (Wildman–Crippen LogP) is 3.77. The van der Waals surface area contributed by atoms with E-state index in [2.05, 4.69) is 24.8 Å². The minimum atomic E-state index is -4.55. The summed E-state index contributed by atoms with van der Waals surface area (Å²) in [5.74, 6) is 0.975. The van der Waals surface area contributed by atoms with E-state index >= 15 is 0 Å². The number of piperazine rings is 1. The molecule has 7 nitrogen and oxygen atoms in total. The first kappa shape index (κ1) is 23.7. The fourth-order valence-electron chi connectivity index (χ4n) is 4.11. The first-order chi connectivity index (χ1) is 16.1. The number of likely N-dealkylation sites (N-methyl/N-ethyl adjacent to an activating group) is 1. The van der Waals surface area contributed by atoms with Gasteiger partial charge in [-0.05, 0) is 39.0 Å². The standard InChI is InChI=1S/C24H28F3N7/c1-15-21(30-20(29)17-8-4-6-10-19(17)28)31-22(16-7-3-5-9-18(16)24(25,26)27)32-23(15)34-13-11-33(2)12-14-34/h3,5-7,9-10H,4,8,11-14,28H2,1-2H3,(H2,29,30,31,32). The summed E-state index contributed by atoms with van der Waals surface area (Å²) in [4.78, 5) is 17.8. The van der Waals surface area contributed by atoms with E-state index in [0.29, 0.717) is 42.2 Å². The SMILES string of the molecule is Cc1c(/N=C(\N)C2=C(N)C=CCC2)nc(-c2ccccc2C(F)(F)F)nc1N1CCN(C)CC1. The molecule has 1 aromatic carbocycles. The Morgan fingerprint density at radius 3 is 2.47 bits per heavy atom. The van der Waals surface area contributed by atoms with Gasteiger partial charge in [0.05, 0.1) is 5.56 Å². The van der Waals surface area contributed by atoms with Gasteiger partial charge in [0.15, 0.2) is 11.6 Å². The average Bonchev–Trinajstić information content (AvgIpc) is 2.81. The van der Waals surface area contributed by atoms with Crippen LogP contribution in [0.4, 0.5) is 24.8 Å². The Kier molecular flexibility index (Phi) is 6.60. The van der Waals surface area contributed by atoms with E-state index in [9.17, 15) is 13.2 Å². The summed E-state index contributed by atoms with van der Waals surface area (Å²) in [5, 5.41) is 0. The topological polar surface area (TPSA) is 96.7 Å². The molecule has 4 rings (SSSR count). The van der Waals surface area contributed by atoms with Crippen LogP contribution in [0.2, 0.25) is 0 Å². The number of rotatable bonds is 4. The van der Waals surface area contributed by atoms with Gasteiger partial charge >= 0.3 is 6.18 Å². The number of allylic oxidation sites excluding steroid dienone is 2. The number of hydrogen-bond donors (Lipinski definition) is 2. The van der Waals surface area contributed by atoms with Gasteiger partial charge in [-0.3, -0.25) is 0 Å². The average molecular weight is 472 g/mol. The molecule has 0 atom stereocenters. The van der Waals surface area contributed by atoms with Gasteiger partial charge < -0.3 is 21.3 Å². The van der Waals surface area contributed by atoms with E-state index in [1.807, 2.05) is 20.0 Å². The summed E-state index contributed by atoms with van der Waals surface area (Å²) in [5.41, 5.74) is 13.4. The molecule has 2 aliphatic rings. The van der Waals surface area contributed by atoms with E-state index in [0.717, 1.165) is 25.6 Å². The Labute approximate surface area is 196 Å². The zero-order chi connectivity index (χ0) is 24.5. The van der Waals surface area contributed by atoms with Gasteiger partial charge in [0, 0.05) is 48.6 Å². The van der Waals surface area contributed by atoms with Crippen molar-refractivity contribution in [3.63, 3.8) is 0 Å². The van der Waals surface area contributed by atoms with Crippen LogP contribution < -0.4 is 16.4 Å². The third-order valence-corrected chi connectivity index (χ3v) is 6.11. The lowest BCUT2D eigenvalue weighted by molar-refractivity contribution is -0.137. The van der Waals surface area contributed by atoms with Gasteiger partial charge in [-0.2, -0.15) is 13.2 Å². The third kappa shape index (κ3) is 4.91. The van der Waals surface area contributed by atoms with Crippen LogP contribution in [-0.4, -0.2) is 53.9 Å². The van der Waals surface area contributed by atoms with Crippen molar-refractivity contribution < 1.29 is 13.2 Å². The molecule has 0 saturated carbocycles. The molecule has 180 valence electrons. The van der Waals surface area contributed by atoms with Gasteiger partial charge in [0.1, 0.15) is 11.7 Å². The number of aromatic nitrogens is 2. The highest BCUT2D eigenvalue weighted by molar-refractivity contribution is 5.99. The van der Waals surface area contributed by atoms with E-state index in [1.165, 1.54) is 12.1 Å². The molecular formula is C24H28F3N7. The molecular weight excluding hydrogens is 443 g/mol. The van der Waals surface area contributed by atoms with E-state index < -0.39 is 11.7 Å². The van der Waals surface area contributed by atoms with Crippen molar-refractivity contribution in [2.45, 2.75) is 25.9 Å². The molecule has 0 radical (unpaired) electrons. The second kappa shape index (κ2) is 9.46. The maximum atomic E-state index is 13.8.